The molecule has 5 nitrogen and oxygen atoms in total. The second-order valence-electron chi connectivity index (χ2n) is 5.17. The van der Waals surface area contributed by atoms with Crippen molar-refractivity contribution in [2.24, 2.45) is 5.92 Å². The van der Waals surface area contributed by atoms with Crippen LogP contribution in [0.5, 0.6) is 5.75 Å². The standard InChI is InChI=1S/C16H23NO4S/c1-4-22-15(11(2)3)16(20)17-9-12-6-5-7-13(8-12)21-10-14(18)19/h5-8,11,15H,4,9-10H2,1-3H3,(H,17,20)(H,18,19). The molecule has 0 fully saturated rings. The van der Waals surface area contributed by atoms with Gasteiger partial charge in [0.2, 0.25) is 5.91 Å². The number of hydrogen-bond acceptors (Lipinski definition) is 4. The van der Waals surface area contributed by atoms with Crippen molar-refractivity contribution >= 4 is 23.6 Å². The summed E-state index contributed by atoms with van der Waals surface area (Å²) in [5.74, 6) is 0.663. The van der Waals surface area contributed by atoms with Crippen molar-refractivity contribution < 1.29 is 19.4 Å². The van der Waals surface area contributed by atoms with E-state index in [1.54, 1.807) is 30.0 Å². The Morgan fingerprint density at radius 1 is 1.36 bits per heavy atom. The molecule has 0 aromatic heterocycles. The predicted molar refractivity (Wildman–Crippen MR) is 88.2 cm³/mol. The van der Waals surface area contributed by atoms with Crippen LogP contribution in [0.2, 0.25) is 0 Å². The van der Waals surface area contributed by atoms with Crippen LogP contribution in [0.15, 0.2) is 24.3 Å². The molecule has 0 aliphatic heterocycles. The molecule has 0 spiro atoms. The number of carbonyl (C=O) groups excluding carboxylic acids is 1. The monoisotopic (exact) mass is 325 g/mol. The molecule has 0 heterocycles. The van der Waals surface area contributed by atoms with Crippen LogP contribution < -0.4 is 10.1 Å². The van der Waals surface area contributed by atoms with Crippen molar-refractivity contribution in [1.29, 1.82) is 0 Å². The van der Waals surface area contributed by atoms with E-state index in [1.807, 2.05) is 26.8 Å². The minimum Gasteiger partial charge on any atom is -0.482 e. The number of benzene rings is 1. The summed E-state index contributed by atoms with van der Waals surface area (Å²) in [5, 5.41) is 11.5. The smallest absolute Gasteiger partial charge is 0.341 e. The molecule has 1 atom stereocenters. The predicted octanol–water partition coefficient (Wildman–Crippen LogP) is 2.54. The number of aliphatic carboxylic acids is 1. The molecule has 0 saturated heterocycles. The van der Waals surface area contributed by atoms with E-state index in [2.05, 4.69) is 5.32 Å². The fourth-order valence-corrected chi connectivity index (χ4v) is 2.91. The van der Waals surface area contributed by atoms with Gasteiger partial charge in [-0.2, -0.15) is 0 Å². The lowest BCUT2D eigenvalue weighted by molar-refractivity contribution is -0.139. The van der Waals surface area contributed by atoms with E-state index in [-0.39, 0.29) is 23.7 Å². The fourth-order valence-electron chi connectivity index (χ4n) is 1.93. The molecule has 2 N–H and O–H groups in total. The second-order valence-corrected chi connectivity index (χ2v) is 6.59. The normalized spacial score (nSPS) is 12.0. The SMILES string of the molecule is CCSC(C(=O)NCc1cccc(OCC(=O)O)c1)C(C)C. The van der Waals surface area contributed by atoms with Crippen LogP contribution in [0.25, 0.3) is 0 Å². The molecule has 1 rings (SSSR count). The number of rotatable bonds is 9. The number of hydrogen-bond donors (Lipinski definition) is 2. The quantitative estimate of drug-likeness (QED) is 0.730. The van der Waals surface area contributed by atoms with Gasteiger partial charge in [-0.15, -0.1) is 11.8 Å². The minimum absolute atomic E-state index is 0.0266. The number of ether oxygens (including phenoxy) is 1. The third-order valence-corrected chi connectivity index (χ3v) is 4.39. The molecule has 122 valence electrons. The van der Waals surface area contributed by atoms with Gasteiger partial charge in [-0.05, 0) is 29.4 Å². The summed E-state index contributed by atoms with van der Waals surface area (Å²) in [7, 11) is 0. The second kappa shape index (κ2) is 9.35. The lowest BCUT2D eigenvalue weighted by Crippen LogP contribution is -2.35. The zero-order chi connectivity index (χ0) is 16.5. The Morgan fingerprint density at radius 3 is 2.68 bits per heavy atom. The van der Waals surface area contributed by atoms with Gasteiger partial charge in [0.25, 0.3) is 0 Å². The molecule has 6 heteroatoms. The average Bonchev–Trinajstić information content (AvgIpc) is 2.48. The minimum atomic E-state index is -1.02. The molecular weight excluding hydrogens is 302 g/mol. The zero-order valence-corrected chi connectivity index (χ0v) is 14.0. The van der Waals surface area contributed by atoms with Crippen molar-refractivity contribution in [1.82, 2.24) is 5.32 Å². The van der Waals surface area contributed by atoms with E-state index in [9.17, 15) is 9.59 Å². The molecule has 1 aromatic carbocycles. The van der Waals surface area contributed by atoms with Gasteiger partial charge in [0.15, 0.2) is 6.61 Å². The van der Waals surface area contributed by atoms with Gasteiger partial charge >= 0.3 is 5.97 Å². The van der Waals surface area contributed by atoms with E-state index < -0.39 is 5.97 Å². The average molecular weight is 325 g/mol. The molecule has 1 amide bonds. The van der Waals surface area contributed by atoms with Crippen LogP contribution in [0.1, 0.15) is 26.3 Å². The number of carboxylic acid groups (broad SMARTS) is 1. The van der Waals surface area contributed by atoms with Crippen LogP contribution >= 0.6 is 11.8 Å². The van der Waals surface area contributed by atoms with Gasteiger partial charge in [0.05, 0.1) is 5.25 Å². The van der Waals surface area contributed by atoms with Crippen LogP contribution in [0.4, 0.5) is 0 Å². The molecule has 0 bridgehead atoms. The Morgan fingerprint density at radius 2 is 2.09 bits per heavy atom. The van der Waals surface area contributed by atoms with Crippen molar-refractivity contribution in [2.45, 2.75) is 32.6 Å². The highest BCUT2D eigenvalue weighted by Crippen LogP contribution is 2.19. The van der Waals surface area contributed by atoms with E-state index in [4.69, 9.17) is 9.84 Å². The van der Waals surface area contributed by atoms with Crippen molar-refractivity contribution in [3.05, 3.63) is 29.8 Å². The Labute approximate surface area is 135 Å². The Balaban J connectivity index is 2.58. The first-order valence-corrected chi connectivity index (χ1v) is 8.31. The van der Waals surface area contributed by atoms with E-state index in [1.165, 1.54) is 0 Å². The van der Waals surface area contributed by atoms with Crippen molar-refractivity contribution in [3.63, 3.8) is 0 Å². The summed E-state index contributed by atoms with van der Waals surface area (Å²) >= 11 is 1.64. The van der Waals surface area contributed by atoms with Gasteiger partial charge in [0.1, 0.15) is 5.75 Å². The van der Waals surface area contributed by atoms with Crippen LogP contribution in [0, 0.1) is 5.92 Å². The van der Waals surface area contributed by atoms with Crippen LogP contribution in [0.3, 0.4) is 0 Å². The maximum Gasteiger partial charge on any atom is 0.341 e. The summed E-state index contributed by atoms with van der Waals surface area (Å²) < 4.78 is 5.12. The van der Waals surface area contributed by atoms with Gasteiger partial charge in [-0.1, -0.05) is 32.9 Å². The molecule has 0 aliphatic carbocycles. The number of amides is 1. The molecule has 22 heavy (non-hydrogen) atoms. The molecule has 0 aliphatic rings. The largest absolute Gasteiger partial charge is 0.482 e. The summed E-state index contributed by atoms with van der Waals surface area (Å²) in [6.45, 7) is 6.13. The highest BCUT2D eigenvalue weighted by Gasteiger charge is 2.21. The first-order valence-electron chi connectivity index (χ1n) is 7.26. The summed E-state index contributed by atoms with van der Waals surface area (Å²) in [5.41, 5.74) is 0.875. The number of carbonyl (C=O) groups is 2. The van der Waals surface area contributed by atoms with Gasteiger partial charge in [-0.3, -0.25) is 4.79 Å². The molecule has 1 aromatic rings. The maximum absolute atomic E-state index is 12.2. The number of carboxylic acids is 1. The Hall–Kier alpha value is -1.69. The molecule has 1 unspecified atom stereocenters. The van der Waals surface area contributed by atoms with Crippen LogP contribution in [-0.4, -0.2) is 34.6 Å². The number of thioether (sulfide) groups is 1. The lowest BCUT2D eigenvalue weighted by atomic mass is 10.1. The summed E-state index contributed by atoms with van der Waals surface area (Å²) in [4.78, 5) is 22.7. The van der Waals surface area contributed by atoms with Gasteiger partial charge < -0.3 is 15.2 Å². The van der Waals surface area contributed by atoms with Gasteiger partial charge in [0, 0.05) is 6.54 Å². The van der Waals surface area contributed by atoms with Crippen molar-refractivity contribution in [2.75, 3.05) is 12.4 Å². The third kappa shape index (κ3) is 6.39. The highest BCUT2D eigenvalue weighted by atomic mass is 32.2. The topological polar surface area (TPSA) is 75.6 Å². The summed E-state index contributed by atoms with van der Waals surface area (Å²) in [6, 6.07) is 7.07. The Bertz CT molecular complexity index is 505. The fraction of sp³-hybridized carbons (Fsp3) is 0.500. The zero-order valence-electron chi connectivity index (χ0n) is 13.2. The lowest BCUT2D eigenvalue weighted by Gasteiger charge is -2.19. The van der Waals surface area contributed by atoms with Gasteiger partial charge in [-0.25, -0.2) is 4.79 Å². The highest BCUT2D eigenvalue weighted by molar-refractivity contribution is 8.00. The molecule has 0 saturated carbocycles. The first kappa shape index (κ1) is 18.4. The molecule has 0 radical (unpaired) electrons. The third-order valence-electron chi connectivity index (χ3n) is 2.94. The van der Waals surface area contributed by atoms with E-state index in [0.717, 1.165) is 11.3 Å². The maximum atomic E-state index is 12.2. The first-order chi connectivity index (χ1) is 10.4. The number of nitrogens with one attached hydrogen (secondary N) is 1. The molecular formula is C16H23NO4S. The van der Waals surface area contributed by atoms with Crippen molar-refractivity contribution in [3.8, 4) is 5.75 Å². The van der Waals surface area contributed by atoms with E-state index in [0.29, 0.717) is 12.3 Å². The Kier molecular flexibility index (Phi) is 7.80. The summed E-state index contributed by atoms with van der Waals surface area (Å²) in [6.07, 6.45) is 0. The van der Waals surface area contributed by atoms with E-state index >= 15 is 0 Å². The van der Waals surface area contributed by atoms with Crippen LogP contribution in [-0.2, 0) is 16.1 Å².